The second kappa shape index (κ2) is 8.85. The highest BCUT2D eigenvalue weighted by Gasteiger charge is 2.30. The van der Waals surface area contributed by atoms with E-state index >= 15 is 0 Å². The highest BCUT2D eigenvalue weighted by molar-refractivity contribution is 7.80. The fourth-order valence-corrected chi connectivity index (χ4v) is 3.65. The Bertz CT molecular complexity index is 567. The second-order valence-electron chi connectivity index (χ2n) is 7.02. The molecule has 1 heterocycles. The number of nitrogens with zero attached hydrogens (tertiary/aromatic N) is 1. The van der Waals surface area contributed by atoms with Crippen LogP contribution in [0.4, 0.5) is 18.9 Å². The summed E-state index contributed by atoms with van der Waals surface area (Å²) in [6.07, 6.45) is -2.11. The fourth-order valence-electron chi connectivity index (χ4n) is 3.43. The molecule has 0 bridgehead atoms. The van der Waals surface area contributed by atoms with Gasteiger partial charge >= 0.3 is 6.18 Å². The first-order valence-electron chi connectivity index (χ1n) is 8.68. The lowest BCUT2D eigenvalue weighted by Gasteiger charge is -2.35. The number of nitrogens with one attached hydrogen (secondary N) is 2. The molecular formula is C18H26F3N3S. The summed E-state index contributed by atoms with van der Waals surface area (Å²) in [7, 11) is 0. The molecule has 25 heavy (non-hydrogen) atoms. The SMILES string of the molecule is C[C@@H]1C[C@@H](C)CN(CCCNC(=S)Nc2cccc(C(F)(F)F)c2)C1. The van der Waals surface area contributed by atoms with Gasteiger partial charge in [-0.05, 0) is 61.6 Å². The van der Waals surface area contributed by atoms with Crippen LogP contribution in [0.15, 0.2) is 24.3 Å². The Labute approximate surface area is 153 Å². The number of thiocarbonyl (C=S) groups is 1. The van der Waals surface area contributed by atoms with Gasteiger partial charge in [-0.15, -0.1) is 0 Å². The summed E-state index contributed by atoms with van der Waals surface area (Å²) in [5.74, 6) is 1.47. The van der Waals surface area contributed by atoms with E-state index in [4.69, 9.17) is 12.2 Å². The van der Waals surface area contributed by atoms with Gasteiger partial charge in [0, 0.05) is 25.3 Å². The van der Waals surface area contributed by atoms with Crippen LogP contribution in [0.5, 0.6) is 0 Å². The Morgan fingerprint density at radius 2 is 1.92 bits per heavy atom. The number of benzene rings is 1. The van der Waals surface area contributed by atoms with E-state index < -0.39 is 11.7 Å². The van der Waals surface area contributed by atoms with Crippen LogP contribution in [0, 0.1) is 11.8 Å². The molecule has 0 aliphatic carbocycles. The van der Waals surface area contributed by atoms with Crippen LogP contribution in [-0.2, 0) is 6.18 Å². The highest BCUT2D eigenvalue weighted by Crippen LogP contribution is 2.30. The van der Waals surface area contributed by atoms with Crippen molar-refractivity contribution >= 4 is 23.0 Å². The lowest BCUT2D eigenvalue weighted by molar-refractivity contribution is -0.137. The number of likely N-dealkylation sites (tertiary alicyclic amines) is 1. The topological polar surface area (TPSA) is 27.3 Å². The largest absolute Gasteiger partial charge is 0.416 e. The average molecular weight is 373 g/mol. The Morgan fingerprint density at radius 1 is 1.24 bits per heavy atom. The molecule has 0 radical (unpaired) electrons. The van der Waals surface area contributed by atoms with E-state index in [9.17, 15) is 13.2 Å². The van der Waals surface area contributed by atoms with Crippen LogP contribution >= 0.6 is 12.2 Å². The number of hydrogen-bond donors (Lipinski definition) is 2. The molecular weight excluding hydrogens is 347 g/mol. The van der Waals surface area contributed by atoms with Gasteiger partial charge in [-0.2, -0.15) is 13.2 Å². The van der Waals surface area contributed by atoms with Gasteiger partial charge in [0.25, 0.3) is 0 Å². The van der Waals surface area contributed by atoms with Gasteiger partial charge in [0.2, 0.25) is 0 Å². The summed E-state index contributed by atoms with van der Waals surface area (Å²) >= 11 is 5.16. The van der Waals surface area contributed by atoms with Crippen molar-refractivity contribution in [1.29, 1.82) is 0 Å². The zero-order valence-corrected chi connectivity index (χ0v) is 15.5. The van der Waals surface area contributed by atoms with Gasteiger partial charge < -0.3 is 15.5 Å². The monoisotopic (exact) mass is 373 g/mol. The molecule has 1 aliphatic rings. The minimum atomic E-state index is -4.35. The van der Waals surface area contributed by atoms with Gasteiger partial charge in [0.05, 0.1) is 5.56 Å². The normalized spacial score (nSPS) is 21.8. The first-order valence-corrected chi connectivity index (χ1v) is 9.09. The number of alkyl halides is 3. The fraction of sp³-hybridized carbons (Fsp3) is 0.611. The zero-order valence-electron chi connectivity index (χ0n) is 14.7. The van der Waals surface area contributed by atoms with Crippen molar-refractivity contribution in [2.75, 3.05) is 31.5 Å². The molecule has 2 N–H and O–H groups in total. The molecule has 7 heteroatoms. The molecule has 3 nitrogen and oxygen atoms in total. The maximum atomic E-state index is 12.7. The van der Waals surface area contributed by atoms with Crippen molar-refractivity contribution in [2.45, 2.75) is 32.9 Å². The van der Waals surface area contributed by atoms with E-state index in [0.29, 0.717) is 17.3 Å². The number of piperidine rings is 1. The van der Waals surface area contributed by atoms with Gasteiger partial charge in [-0.25, -0.2) is 0 Å². The average Bonchev–Trinajstić information content (AvgIpc) is 2.50. The zero-order chi connectivity index (χ0) is 18.4. The van der Waals surface area contributed by atoms with E-state index in [-0.39, 0.29) is 0 Å². The first-order chi connectivity index (χ1) is 11.7. The molecule has 140 valence electrons. The van der Waals surface area contributed by atoms with Crippen LogP contribution in [0.3, 0.4) is 0 Å². The number of rotatable bonds is 5. The number of anilines is 1. The molecule has 1 saturated heterocycles. The third kappa shape index (κ3) is 6.82. The van der Waals surface area contributed by atoms with Crippen LogP contribution in [0.1, 0.15) is 32.3 Å². The van der Waals surface area contributed by atoms with E-state index in [0.717, 1.165) is 50.0 Å². The minimum Gasteiger partial charge on any atom is -0.362 e. The third-order valence-corrected chi connectivity index (χ3v) is 4.58. The van der Waals surface area contributed by atoms with Crippen LogP contribution in [0.2, 0.25) is 0 Å². The third-order valence-electron chi connectivity index (χ3n) is 4.33. The van der Waals surface area contributed by atoms with Crippen molar-refractivity contribution < 1.29 is 13.2 Å². The first kappa shape index (κ1) is 20.0. The molecule has 0 saturated carbocycles. The molecule has 0 spiro atoms. The lowest BCUT2D eigenvalue weighted by atomic mass is 9.92. The van der Waals surface area contributed by atoms with E-state index in [1.165, 1.54) is 12.5 Å². The summed E-state index contributed by atoms with van der Waals surface area (Å²) in [6.45, 7) is 8.55. The number of hydrogen-bond acceptors (Lipinski definition) is 2. The Kier molecular flexibility index (Phi) is 7.07. The molecule has 0 amide bonds. The predicted octanol–water partition coefficient (Wildman–Crippen LogP) is 4.36. The number of halogens is 3. The quantitative estimate of drug-likeness (QED) is 0.592. The van der Waals surface area contributed by atoms with Crippen molar-refractivity contribution in [2.24, 2.45) is 11.8 Å². The maximum Gasteiger partial charge on any atom is 0.416 e. The van der Waals surface area contributed by atoms with E-state index in [1.54, 1.807) is 6.07 Å². The Morgan fingerprint density at radius 3 is 2.56 bits per heavy atom. The molecule has 0 unspecified atom stereocenters. The van der Waals surface area contributed by atoms with Gasteiger partial charge in [0.15, 0.2) is 5.11 Å². The van der Waals surface area contributed by atoms with Crippen molar-refractivity contribution in [1.82, 2.24) is 10.2 Å². The second-order valence-corrected chi connectivity index (χ2v) is 7.43. The smallest absolute Gasteiger partial charge is 0.362 e. The van der Waals surface area contributed by atoms with Crippen LogP contribution in [0.25, 0.3) is 0 Å². The standard InChI is InChI=1S/C18H26F3N3S/c1-13-9-14(2)12-24(11-13)8-4-7-22-17(25)23-16-6-3-5-15(10-16)18(19,20)21/h3,5-6,10,13-14H,4,7-9,11-12H2,1-2H3,(H2,22,23,25)/t13-,14-/m1/s1. The molecule has 0 aromatic heterocycles. The Balaban J connectivity index is 1.71. The van der Waals surface area contributed by atoms with Gasteiger partial charge in [0.1, 0.15) is 0 Å². The minimum absolute atomic E-state index is 0.339. The highest BCUT2D eigenvalue weighted by atomic mass is 32.1. The predicted molar refractivity (Wildman–Crippen MR) is 99.7 cm³/mol. The molecule has 1 fully saturated rings. The van der Waals surface area contributed by atoms with E-state index in [2.05, 4.69) is 29.4 Å². The Hall–Kier alpha value is -1.34. The molecule has 1 aromatic rings. The summed E-state index contributed by atoms with van der Waals surface area (Å²) in [5.41, 5.74) is -0.348. The van der Waals surface area contributed by atoms with E-state index in [1.807, 2.05) is 0 Å². The van der Waals surface area contributed by atoms with Crippen molar-refractivity contribution in [3.8, 4) is 0 Å². The molecule has 1 aliphatic heterocycles. The molecule has 2 rings (SSSR count). The molecule has 2 atom stereocenters. The summed E-state index contributed by atoms with van der Waals surface area (Å²) in [5, 5.41) is 6.22. The lowest BCUT2D eigenvalue weighted by Crippen LogP contribution is -2.40. The van der Waals surface area contributed by atoms with Crippen molar-refractivity contribution in [3.05, 3.63) is 29.8 Å². The van der Waals surface area contributed by atoms with Crippen molar-refractivity contribution in [3.63, 3.8) is 0 Å². The van der Waals surface area contributed by atoms with Gasteiger partial charge in [-0.3, -0.25) is 0 Å². The summed E-state index contributed by atoms with van der Waals surface area (Å²) in [4.78, 5) is 2.48. The summed E-state index contributed by atoms with van der Waals surface area (Å²) < 4.78 is 38.1. The molecule has 1 aromatic carbocycles. The maximum absolute atomic E-state index is 12.7. The van der Waals surface area contributed by atoms with Crippen LogP contribution in [-0.4, -0.2) is 36.2 Å². The van der Waals surface area contributed by atoms with Gasteiger partial charge in [-0.1, -0.05) is 19.9 Å². The van der Waals surface area contributed by atoms with Crippen LogP contribution < -0.4 is 10.6 Å². The summed E-state index contributed by atoms with van der Waals surface area (Å²) in [6, 6.07) is 5.04.